The minimum atomic E-state index is -0.916. The summed E-state index contributed by atoms with van der Waals surface area (Å²) in [5.74, 6) is -0.363. The van der Waals surface area contributed by atoms with Crippen LogP contribution in [0.4, 0.5) is 0 Å². The van der Waals surface area contributed by atoms with E-state index < -0.39 is 5.97 Å². The minimum absolute atomic E-state index is 0.296. The molecule has 3 rings (SSSR count). The fourth-order valence-electron chi connectivity index (χ4n) is 2.67. The van der Waals surface area contributed by atoms with Crippen molar-refractivity contribution in [3.8, 4) is 5.88 Å². The molecule has 1 N–H and O–H groups in total. The SMILES string of the molecule is COc1ncccc1C1=CCCc2ccc(C(=O)O)cc21. The molecule has 4 heteroatoms. The number of carboxylic acids is 1. The Labute approximate surface area is 122 Å². The van der Waals surface area contributed by atoms with Crippen molar-refractivity contribution in [3.05, 3.63) is 64.9 Å². The maximum atomic E-state index is 11.2. The molecule has 1 aliphatic rings. The molecule has 0 spiro atoms. The number of hydrogen-bond donors (Lipinski definition) is 1. The summed E-state index contributed by atoms with van der Waals surface area (Å²) >= 11 is 0. The Kier molecular flexibility index (Phi) is 3.44. The van der Waals surface area contributed by atoms with Gasteiger partial charge in [0.15, 0.2) is 0 Å². The number of pyridine rings is 1. The van der Waals surface area contributed by atoms with Crippen LogP contribution in [0.1, 0.15) is 33.5 Å². The van der Waals surface area contributed by atoms with Gasteiger partial charge in [0.05, 0.1) is 12.7 Å². The van der Waals surface area contributed by atoms with Crippen molar-refractivity contribution in [2.75, 3.05) is 7.11 Å². The van der Waals surface area contributed by atoms with E-state index in [4.69, 9.17) is 4.74 Å². The standard InChI is InChI=1S/C17H15NO3/c1-21-16-14(6-3-9-18-16)13-5-2-4-11-7-8-12(17(19)20)10-15(11)13/h3,5-10H,2,4H2,1H3,(H,19,20). The number of aromatic carboxylic acids is 1. The molecule has 0 unspecified atom stereocenters. The lowest BCUT2D eigenvalue weighted by molar-refractivity contribution is 0.0697. The second-order valence-corrected chi connectivity index (χ2v) is 4.89. The summed E-state index contributed by atoms with van der Waals surface area (Å²) in [7, 11) is 1.59. The van der Waals surface area contributed by atoms with Gasteiger partial charge in [-0.2, -0.15) is 0 Å². The molecular formula is C17H15NO3. The maximum absolute atomic E-state index is 11.2. The van der Waals surface area contributed by atoms with Crippen molar-refractivity contribution in [1.29, 1.82) is 0 Å². The van der Waals surface area contributed by atoms with Crippen LogP contribution < -0.4 is 4.74 Å². The molecular weight excluding hydrogens is 266 g/mol. The van der Waals surface area contributed by atoms with E-state index in [-0.39, 0.29) is 0 Å². The fourth-order valence-corrected chi connectivity index (χ4v) is 2.67. The van der Waals surface area contributed by atoms with Crippen molar-refractivity contribution < 1.29 is 14.6 Å². The molecule has 0 amide bonds. The van der Waals surface area contributed by atoms with Gasteiger partial charge in [0.2, 0.25) is 5.88 Å². The molecule has 106 valence electrons. The zero-order valence-electron chi connectivity index (χ0n) is 11.7. The van der Waals surface area contributed by atoms with E-state index in [1.165, 1.54) is 0 Å². The Hall–Kier alpha value is -2.62. The Bertz CT molecular complexity index is 735. The van der Waals surface area contributed by atoms with Crippen LogP contribution in [0.2, 0.25) is 0 Å². The number of carbonyl (C=O) groups is 1. The van der Waals surface area contributed by atoms with E-state index in [1.807, 2.05) is 18.2 Å². The molecule has 0 saturated carbocycles. The predicted octanol–water partition coefficient (Wildman–Crippen LogP) is 3.17. The zero-order chi connectivity index (χ0) is 14.8. The summed E-state index contributed by atoms with van der Waals surface area (Å²) in [4.78, 5) is 15.4. The van der Waals surface area contributed by atoms with Gasteiger partial charge in [-0.15, -0.1) is 0 Å². The van der Waals surface area contributed by atoms with Crippen LogP contribution >= 0.6 is 0 Å². The smallest absolute Gasteiger partial charge is 0.335 e. The van der Waals surface area contributed by atoms with E-state index in [0.717, 1.165) is 35.1 Å². The Morgan fingerprint density at radius 3 is 2.90 bits per heavy atom. The van der Waals surface area contributed by atoms with Crippen LogP contribution in [0.25, 0.3) is 5.57 Å². The lowest BCUT2D eigenvalue weighted by Crippen LogP contribution is -2.06. The summed E-state index contributed by atoms with van der Waals surface area (Å²) < 4.78 is 5.32. The molecule has 1 heterocycles. The van der Waals surface area contributed by atoms with Gasteiger partial charge in [-0.3, -0.25) is 0 Å². The number of nitrogens with zero attached hydrogens (tertiary/aromatic N) is 1. The number of benzene rings is 1. The number of rotatable bonds is 3. The van der Waals surface area contributed by atoms with Crippen LogP contribution in [0, 0.1) is 0 Å². The van der Waals surface area contributed by atoms with Gasteiger partial charge in [0.25, 0.3) is 0 Å². The molecule has 0 saturated heterocycles. The van der Waals surface area contributed by atoms with Crippen LogP contribution in [-0.4, -0.2) is 23.2 Å². The van der Waals surface area contributed by atoms with Gasteiger partial charge in [-0.1, -0.05) is 12.1 Å². The molecule has 21 heavy (non-hydrogen) atoms. The Morgan fingerprint density at radius 2 is 2.14 bits per heavy atom. The summed E-state index contributed by atoms with van der Waals surface area (Å²) in [6, 6.07) is 9.09. The first kappa shape index (κ1) is 13.4. The Balaban J connectivity index is 2.16. The third kappa shape index (κ3) is 2.40. The minimum Gasteiger partial charge on any atom is -0.481 e. The number of hydrogen-bond acceptors (Lipinski definition) is 3. The zero-order valence-corrected chi connectivity index (χ0v) is 11.7. The first-order valence-electron chi connectivity index (χ1n) is 6.77. The van der Waals surface area contributed by atoms with Gasteiger partial charge >= 0.3 is 5.97 Å². The summed E-state index contributed by atoms with van der Waals surface area (Å²) in [5, 5.41) is 9.19. The lowest BCUT2D eigenvalue weighted by atomic mass is 9.86. The van der Waals surface area contributed by atoms with E-state index in [0.29, 0.717) is 11.4 Å². The molecule has 0 atom stereocenters. The van der Waals surface area contributed by atoms with Crippen molar-refractivity contribution >= 4 is 11.5 Å². The molecule has 1 aromatic carbocycles. The number of aryl methyl sites for hydroxylation is 1. The molecule has 4 nitrogen and oxygen atoms in total. The third-order valence-corrected chi connectivity index (χ3v) is 3.66. The monoisotopic (exact) mass is 281 g/mol. The number of ether oxygens (including phenoxy) is 1. The molecule has 0 fully saturated rings. The van der Waals surface area contributed by atoms with Crippen LogP contribution in [0.5, 0.6) is 5.88 Å². The highest BCUT2D eigenvalue weighted by Crippen LogP contribution is 2.35. The van der Waals surface area contributed by atoms with Crippen molar-refractivity contribution in [1.82, 2.24) is 4.98 Å². The van der Waals surface area contributed by atoms with Crippen molar-refractivity contribution in [2.24, 2.45) is 0 Å². The van der Waals surface area contributed by atoms with Gasteiger partial charge in [-0.05, 0) is 53.8 Å². The van der Waals surface area contributed by atoms with Crippen LogP contribution in [-0.2, 0) is 6.42 Å². The molecule has 2 aromatic rings. The number of allylic oxidation sites excluding steroid dienone is 1. The third-order valence-electron chi connectivity index (χ3n) is 3.66. The highest BCUT2D eigenvalue weighted by atomic mass is 16.5. The van der Waals surface area contributed by atoms with Gasteiger partial charge in [0.1, 0.15) is 0 Å². The van der Waals surface area contributed by atoms with E-state index in [9.17, 15) is 9.90 Å². The van der Waals surface area contributed by atoms with E-state index in [2.05, 4.69) is 11.1 Å². The first-order chi connectivity index (χ1) is 10.2. The lowest BCUT2D eigenvalue weighted by Gasteiger charge is -2.19. The summed E-state index contributed by atoms with van der Waals surface area (Å²) in [6.45, 7) is 0. The van der Waals surface area contributed by atoms with E-state index in [1.54, 1.807) is 25.4 Å². The van der Waals surface area contributed by atoms with Gasteiger partial charge in [0, 0.05) is 11.8 Å². The fraction of sp³-hybridized carbons (Fsp3) is 0.176. The van der Waals surface area contributed by atoms with E-state index >= 15 is 0 Å². The average Bonchev–Trinajstić information content (AvgIpc) is 2.53. The summed E-state index contributed by atoms with van der Waals surface area (Å²) in [5.41, 5.74) is 4.29. The number of aromatic nitrogens is 1. The largest absolute Gasteiger partial charge is 0.481 e. The quantitative estimate of drug-likeness (QED) is 0.938. The predicted molar refractivity (Wildman–Crippen MR) is 79.6 cm³/mol. The number of methoxy groups -OCH3 is 1. The first-order valence-corrected chi connectivity index (χ1v) is 6.77. The number of carboxylic acid groups (broad SMARTS) is 1. The van der Waals surface area contributed by atoms with Crippen LogP contribution in [0.3, 0.4) is 0 Å². The Morgan fingerprint density at radius 1 is 1.29 bits per heavy atom. The maximum Gasteiger partial charge on any atom is 0.335 e. The number of fused-ring (bicyclic) bond motifs is 1. The molecule has 0 aliphatic heterocycles. The normalized spacial score (nSPS) is 13.3. The molecule has 1 aromatic heterocycles. The van der Waals surface area contributed by atoms with Gasteiger partial charge < -0.3 is 9.84 Å². The van der Waals surface area contributed by atoms with Crippen molar-refractivity contribution in [2.45, 2.75) is 12.8 Å². The molecule has 1 aliphatic carbocycles. The van der Waals surface area contributed by atoms with Crippen molar-refractivity contribution in [3.63, 3.8) is 0 Å². The summed E-state index contributed by atoms with van der Waals surface area (Å²) in [6.07, 6.45) is 5.64. The topological polar surface area (TPSA) is 59.4 Å². The highest BCUT2D eigenvalue weighted by Gasteiger charge is 2.19. The van der Waals surface area contributed by atoms with Crippen LogP contribution in [0.15, 0.2) is 42.6 Å². The second kappa shape index (κ2) is 5.40. The van der Waals surface area contributed by atoms with Gasteiger partial charge in [-0.25, -0.2) is 9.78 Å². The molecule has 0 radical (unpaired) electrons. The molecule has 0 bridgehead atoms. The average molecular weight is 281 g/mol. The second-order valence-electron chi connectivity index (χ2n) is 4.89. The highest BCUT2D eigenvalue weighted by molar-refractivity contribution is 5.92.